The van der Waals surface area contributed by atoms with Gasteiger partial charge in [0.1, 0.15) is 18.7 Å². The third-order valence-corrected chi connectivity index (χ3v) is 5.28. The van der Waals surface area contributed by atoms with Crippen molar-refractivity contribution in [1.82, 2.24) is 10.6 Å². The Morgan fingerprint density at radius 2 is 1.24 bits per heavy atom. The lowest BCUT2D eigenvalue weighted by Crippen LogP contribution is -2.52. The highest BCUT2D eigenvalue weighted by Crippen LogP contribution is 2.08. The van der Waals surface area contributed by atoms with E-state index in [9.17, 15) is 19.5 Å². The Balaban J connectivity index is 1.64. The molecule has 176 valence electrons. The molecule has 3 aromatic carbocycles. The number of aryl methyl sites for hydroxylation is 1. The van der Waals surface area contributed by atoms with Crippen molar-refractivity contribution >= 4 is 18.0 Å². The summed E-state index contributed by atoms with van der Waals surface area (Å²) in [5.74, 6) is -1.71. The zero-order chi connectivity index (χ0) is 24.2. The average Bonchev–Trinajstić information content (AvgIpc) is 2.86. The van der Waals surface area contributed by atoms with Gasteiger partial charge in [-0.1, -0.05) is 91.0 Å². The van der Waals surface area contributed by atoms with E-state index in [1.807, 2.05) is 91.0 Å². The molecule has 2 amide bonds. The van der Waals surface area contributed by atoms with Crippen molar-refractivity contribution in [2.45, 2.75) is 38.0 Å². The largest absolute Gasteiger partial charge is 0.480 e. The molecule has 2 atom stereocenters. The predicted molar refractivity (Wildman–Crippen MR) is 128 cm³/mol. The van der Waals surface area contributed by atoms with Crippen molar-refractivity contribution in [3.63, 3.8) is 0 Å². The second-order valence-corrected chi connectivity index (χ2v) is 7.87. The molecule has 0 aliphatic carbocycles. The Bertz CT molecular complexity index is 1060. The third kappa shape index (κ3) is 8.09. The van der Waals surface area contributed by atoms with E-state index in [4.69, 9.17) is 4.74 Å². The van der Waals surface area contributed by atoms with Gasteiger partial charge in [-0.2, -0.15) is 0 Å². The van der Waals surface area contributed by atoms with Gasteiger partial charge < -0.3 is 20.5 Å². The maximum Gasteiger partial charge on any atom is 0.408 e. The molecule has 0 spiro atoms. The van der Waals surface area contributed by atoms with Crippen LogP contribution in [0, 0.1) is 0 Å². The normalized spacial score (nSPS) is 12.2. The van der Waals surface area contributed by atoms with Gasteiger partial charge in [0.05, 0.1) is 0 Å². The summed E-state index contributed by atoms with van der Waals surface area (Å²) >= 11 is 0. The molecule has 0 saturated heterocycles. The van der Waals surface area contributed by atoms with Crippen LogP contribution in [-0.4, -0.2) is 35.2 Å². The van der Waals surface area contributed by atoms with Crippen LogP contribution in [0.1, 0.15) is 23.1 Å². The summed E-state index contributed by atoms with van der Waals surface area (Å²) in [5, 5.41) is 14.8. The zero-order valence-corrected chi connectivity index (χ0v) is 18.7. The molecule has 7 heteroatoms. The van der Waals surface area contributed by atoms with Gasteiger partial charge in [-0.25, -0.2) is 9.59 Å². The van der Waals surface area contributed by atoms with Crippen molar-refractivity contribution in [3.05, 3.63) is 108 Å². The lowest BCUT2D eigenvalue weighted by atomic mass is 10.0. The summed E-state index contributed by atoms with van der Waals surface area (Å²) in [5.41, 5.74) is 2.61. The Morgan fingerprint density at radius 1 is 0.706 bits per heavy atom. The fourth-order valence-corrected chi connectivity index (χ4v) is 3.45. The van der Waals surface area contributed by atoms with Crippen LogP contribution in [-0.2, 0) is 33.8 Å². The Kier molecular flexibility index (Phi) is 9.22. The first-order chi connectivity index (χ1) is 16.5. The molecule has 34 heavy (non-hydrogen) atoms. The molecule has 7 nitrogen and oxygen atoms in total. The number of ether oxygens (including phenoxy) is 1. The molecule has 0 aromatic heterocycles. The predicted octanol–water partition coefficient (Wildman–Crippen LogP) is 3.73. The molecule has 0 bridgehead atoms. The van der Waals surface area contributed by atoms with Crippen molar-refractivity contribution in [1.29, 1.82) is 0 Å². The molecule has 3 rings (SSSR count). The van der Waals surface area contributed by atoms with Crippen LogP contribution in [0.25, 0.3) is 0 Å². The maximum absolute atomic E-state index is 13.0. The fourth-order valence-electron chi connectivity index (χ4n) is 3.45. The highest BCUT2D eigenvalue weighted by atomic mass is 16.5. The fraction of sp³-hybridized carbons (Fsp3) is 0.222. The molecule has 0 fully saturated rings. The minimum absolute atomic E-state index is 0.0567. The van der Waals surface area contributed by atoms with Crippen molar-refractivity contribution in [3.8, 4) is 0 Å². The third-order valence-electron chi connectivity index (χ3n) is 5.28. The van der Waals surface area contributed by atoms with Crippen LogP contribution < -0.4 is 10.6 Å². The van der Waals surface area contributed by atoms with Crippen molar-refractivity contribution in [2.24, 2.45) is 0 Å². The van der Waals surface area contributed by atoms with E-state index in [0.717, 1.165) is 16.7 Å². The first kappa shape index (κ1) is 24.5. The molecule has 0 radical (unpaired) electrons. The first-order valence-electron chi connectivity index (χ1n) is 11.1. The molecular formula is C27H28N2O5. The monoisotopic (exact) mass is 460 g/mol. The standard InChI is InChI=1S/C27H28N2O5/c30-25(28-23(26(31)32)17-16-20-10-4-1-5-11-20)24(18-21-12-6-2-7-13-21)29-27(33)34-19-22-14-8-3-9-15-22/h1-15,23-24H,16-19H2,(H,28,30)(H,29,33)(H,31,32)/t23-,24-/m1/s1. The van der Waals surface area contributed by atoms with Gasteiger partial charge in [0.25, 0.3) is 0 Å². The van der Waals surface area contributed by atoms with Crippen LogP contribution in [0.15, 0.2) is 91.0 Å². The van der Waals surface area contributed by atoms with Gasteiger partial charge in [-0.05, 0) is 29.5 Å². The number of carboxylic acid groups (broad SMARTS) is 1. The molecule has 0 saturated carbocycles. The van der Waals surface area contributed by atoms with Crippen LogP contribution in [0.2, 0.25) is 0 Å². The molecule has 0 unspecified atom stereocenters. The molecule has 3 N–H and O–H groups in total. The summed E-state index contributed by atoms with van der Waals surface area (Å²) in [6.07, 6.45) is 0.157. The molecule has 0 heterocycles. The van der Waals surface area contributed by atoms with E-state index >= 15 is 0 Å². The number of amides is 2. The van der Waals surface area contributed by atoms with Gasteiger partial charge in [0.15, 0.2) is 0 Å². The van der Waals surface area contributed by atoms with E-state index in [1.165, 1.54) is 0 Å². The summed E-state index contributed by atoms with van der Waals surface area (Å²) in [6.45, 7) is 0.0567. The second-order valence-electron chi connectivity index (χ2n) is 7.87. The first-order valence-corrected chi connectivity index (χ1v) is 11.1. The summed E-state index contributed by atoms with van der Waals surface area (Å²) < 4.78 is 5.26. The Labute approximate surface area is 198 Å². The summed E-state index contributed by atoms with van der Waals surface area (Å²) in [7, 11) is 0. The highest BCUT2D eigenvalue weighted by Gasteiger charge is 2.27. The van der Waals surface area contributed by atoms with Gasteiger partial charge in [-0.3, -0.25) is 4.79 Å². The lowest BCUT2D eigenvalue weighted by molar-refractivity contribution is -0.142. The molecule has 3 aromatic rings. The number of aliphatic carboxylic acids is 1. The number of alkyl carbamates (subject to hydrolysis) is 1. The van der Waals surface area contributed by atoms with Crippen LogP contribution in [0.5, 0.6) is 0 Å². The van der Waals surface area contributed by atoms with Gasteiger partial charge in [-0.15, -0.1) is 0 Å². The molecular weight excluding hydrogens is 432 g/mol. The highest BCUT2D eigenvalue weighted by molar-refractivity contribution is 5.89. The number of rotatable bonds is 11. The number of benzene rings is 3. The van der Waals surface area contributed by atoms with Crippen molar-refractivity contribution < 1.29 is 24.2 Å². The minimum Gasteiger partial charge on any atom is -0.480 e. The van der Waals surface area contributed by atoms with Gasteiger partial charge >= 0.3 is 12.1 Å². The SMILES string of the molecule is O=C(N[C@H](Cc1ccccc1)C(=O)N[C@H](CCc1ccccc1)C(=O)O)OCc1ccccc1. The van der Waals surface area contributed by atoms with Crippen LogP contribution in [0.4, 0.5) is 4.79 Å². The van der Waals surface area contributed by atoms with Crippen LogP contribution in [0.3, 0.4) is 0 Å². The van der Waals surface area contributed by atoms with E-state index in [1.54, 1.807) is 0 Å². The number of carbonyl (C=O) groups is 3. The Morgan fingerprint density at radius 3 is 1.79 bits per heavy atom. The maximum atomic E-state index is 13.0. The average molecular weight is 461 g/mol. The van der Waals surface area contributed by atoms with Gasteiger partial charge in [0, 0.05) is 6.42 Å². The topological polar surface area (TPSA) is 105 Å². The van der Waals surface area contributed by atoms with E-state index in [0.29, 0.717) is 6.42 Å². The number of hydrogen-bond donors (Lipinski definition) is 3. The lowest BCUT2D eigenvalue weighted by Gasteiger charge is -2.21. The summed E-state index contributed by atoms with van der Waals surface area (Å²) in [4.78, 5) is 37.3. The summed E-state index contributed by atoms with van der Waals surface area (Å²) in [6, 6.07) is 25.7. The number of carbonyl (C=O) groups excluding carboxylic acids is 2. The number of carboxylic acids is 1. The molecule has 0 aliphatic rings. The zero-order valence-electron chi connectivity index (χ0n) is 18.7. The van der Waals surface area contributed by atoms with Crippen molar-refractivity contribution in [2.75, 3.05) is 0 Å². The Hall–Kier alpha value is -4.13. The second kappa shape index (κ2) is 12.8. The quantitative estimate of drug-likeness (QED) is 0.405. The smallest absolute Gasteiger partial charge is 0.408 e. The number of nitrogens with one attached hydrogen (secondary N) is 2. The van der Waals surface area contributed by atoms with Crippen LogP contribution >= 0.6 is 0 Å². The van der Waals surface area contributed by atoms with Gasteiger partial charge in [0.2, 0.25) is 5.91 Å². The van der Waals surface area contributed by atoms with E-state index in [-0.39, 0.29) is 19.4 Å². The molecule has 0 aliphatic heterocycles. The van der Waals surface area contributed by atoms with E-state index in [2.05, 4.69) is 10.6 Å². The van der Waals surface area contributed by atoms with E-state index < -0.39 is 30.1 Å². The number of hydrogen-bond acceptors (Lipinski definition) is 4. The minimum atomic E-state index is -1.13.